The molecule has 470 valence electrons. The van der Waals surface area contributed by atoms with Gasteiger partial charge in [-0.25, -0.2) is 0 Å². The highest BCUT2D eigenvalue weighted by atomic mass is 14.3. The number of benzene rings is 11. The zero-order valence-electron chi connectivity index (χ0n) is 56.0. The summed E-state index contributed by atoms with van der Waals surface area (Å²) >= 11 is 0. The van der Waals surface area contributed by atoms with E-state index in [0.717, 1.165) is 68.5 Å². The molecule has 11 aromatic carbocycles. The van der Waals surface area contributed by atoms with E-state index < -0.39 is 0 Å². The zero-order chi connectivity index (χ0) is 64.2. The minimum Gasteiger partial charge on any atom is -0.0654 e. The molecule has 0 saturated heterocycles. The summed E-state index contributed by atoms with van der Waals surface area (Å²) in [5.74, 6) is 13.5. The molecule has 0 heteroatoms. The van der Waals surface area contributed by atoms with Crippen molar-refractivity contribution in [1.82, 2.24) is 0 Å². The minimum absolute atomic E-state index is 0.995. The number of aryl methyl sites for hydroxylation is 2. The second-order valence-electron chi connectivity index (χ2n) is 25.8. The smallest absolute Gasteiger partial charge is 0.0249 e. The Bertz CT molecular complexity index is 3890. The summed E-state index contributed by atoms with van der Waals surface area (Å²) < 4.78 is 0. The van der Waals surface area contributed by atoms with Crippen molar-refractivity contribution >= 4 is 0 Å². The van der Waals surface area contributed by atoms with Crippen LogP contribution in [0.3, 0.4) is 0 Å². The summed E-state index contributed by atoms with van der Waals surface area (Å²) in [6.45, 7) is 4.61. The molecule has 0 aliphatic carbocycles. The van der Waals surface area contributed by atoms with E-state index in [-0.39, 0.29) is 0 Å². The Morgan fingerprint density at radius 3 is 0.628 bits per heavy atom. The van der Waals surface area contributed by atoms with E-state index in [2.05, 4.69) is 268 Å². The maximum absolute atomic E-state index is 3.39. The normalized spacial score (nSPS) is 11.0. The van der Waals surface area contributed by atoms with Crippen molar-refractivity contribution in [2.45, 2.75) is 155 Å². The summed E-state index contributed by atoms with van der Waals surface area (Å²) in [6.07, 6.45) is 29.0. The molecule has 0 atom stereocenters. The molecule has 11 aromatic rings. The molecule has 0 fully saturated rings. The quantitative estimate of drug-likeness (QED) is 0.0311. The first-order valence-corrected chi connectivity index (χ1v) is 35.7. The molecule has 0 amide bonds. The maximum atomic E-state index is 3.39. The van der Waals surface area contributed by atoms with E-state index in [1.54, 1.807) is 0 Å². The average molecular weight is 1220 g/mol. The Kier molecular flexibility index (Phi) is 25.0. The highest BCUT2D eigenvalue weighted by Crippen LogP contribution is 2.56. The average Bonchev–Trinajstić information content (AvgIpc) is 0.717. The summed E-state index contributed by atoms with van der Waals surface area (Å²) in [5, 5.41) is 0. The first-order valence-electron chi connectivity index (χ1n) is 35.7. The molecule has 0 unspecified atom stereocenters. The molecular formula is C94H94. The van der Waals surface area contributed by atoms with Crippen molar-refractivity contribution in [3.05, 3.63) is 300 Å². The predicted octanol–water partition coefficient (Wildman–Crippen LogP) is 26.7. The van der Waals surface area contributed by atoms with Crippen LogP contribution in [0.15, 0.2) is 267 Å². The molecule has 0 bridgehead atoms. The van der Waals surface area contributed by atoms with Gasteiger partial charge in [0.05, 0.1) is 0 Å². The molecule has 0 nitrogen and oxygen atoms in total. The fourth-order valence-corrected chi connectivity index (χ4v) is 13.5. The van der Waals surface area contributed by atoms with Gasteiger partial charge in [0.25, 0.3) is 0 Å². The van der Waals surface area contributed by atoms with Crippen LogP contribution < -0.4 is 0 Å². The van der Waals surface area contributed by atoms with Gasteiger partial charge in [0, 0.05) is 22.3 Å². The van der Waals surface area contributed by atoms with Gasteiger partial charge >= 0.3 is 0 Å². The Labute approximate surface area is 564 Å². The van der Waals surface area contributed by atoms with E-state index in [9.17, 15) is 0 Å². The highest BCUT2D eigenvalue weighted by molar-refractivity contribution is 6.15. The van der Waals surface area contributed by atoms with E-state index in [4.69, 9.17) is 0 Å². The van der Waals surface area contributed by atoms with Crippen molar-refractivity contribution in [3.63, 3.8) is 0 Å². The van der Waals surface area contributed by atoms with Gasteiger partial charge in [0.2, 0.25) is 0 Å². The lowest BCUT2D eigenvalue weighted by Crippen LogP contribution is -2.02. The molecule has 0 spiro atoms. The van der Waals surface area contributed by atoms with Crippen LogP contribution in [0, 0.1) is 23.7 Å². The zero-order valence-corrected chi connectivity index (χ0v) is 56.0. The number of hydrogen-bond donors (Lipinski definition) is 0. The standard InChI is InChI=1S/C94H94/c1-3-5-7-9-11-13-15-17-19-25-39-75-53-61-85(62-54-75)91-89(83-41-31-23-32-42-83)93(87-69-65-81(66-70-87)79-57-49-77(50-58-79)47-45-73-35-27-21-28-36-73)94(88-71-67-82(68-72-88)80-59-51-78(52-60-80)48-46-74-37-29-22-30-38-74)90(84-43-33-24-34-44-84)92(91)86-63-55-76(56-64-86)40-26-20-18-16-14-12-10-8-6-4-2/h21-24,27-38,41-44,49-72H,3-20,25-26,39-40H2,1-2H3. The Hall–Kier alpha value is -9.46. The van der Waals surface area contributed by atoms with Crippen molar-refractivity contribution in [2.24, 2.45) is 0 Å². The predicted molar refractivity (Wildman–Crippen MR) is 406 cm³/mol. The maximum Gasteiger partial charge on any atom is 0.0249 e. The molecule has 0 aliphatic rings. The monoisotopic (exact) mass is 1220 g/mol. The fraction of sp³-hybridized carbons (Fsp3) is 0.255. The number of hydrogen-bond acceptors (Lipinski definition) is 0. The van der Waals surface area contributed by atoms with Gasteiger partial charge in [-0.2, -0.15) is 0 Å². The van der Waals surface area contributed by atoms with E-state index in [1.165, 1.54) is 195 Å². The third kappa shape index (κ3) is 18.4. The van der Waals surface area contributed by atoms with Gasteiger partial charge in [-0.15, -0.1) is 0 Å². The van der Waals surface area contributed by atoms with Crippen LogP contribution in [-0.4, -0.2) is 0 Å². The van der Waals surface area contributed by atoms with Crippen LogP contribution in [0.2, 0.25) is 0 Å². The van der Waals surface area contributed by atoms with Crippen LogP contribution in [0.5, 0.6) is 0 Å². The lowest BCUT2D eigenvalue weighted by molar-refractivity contribution is 0.556. The minimum atomic E-state index is 0.995. The Balaban J connectivity index is 1.05. The first-order chi connectivity index (χ1) is 46.6. The van der Waals surface area contributed by atoms with Crippen molar-refractivity contribution in [3.8, 4) is 113 Å². The summed E-state index contributed by atoms with van der Waals surface area (Å²) in [6, 6.07) is 98.7. The summed E-state index contributed by atoms with van der Waals surface area (Å²) in [5.41, 5.74) is 26.0. The lowest BCUT2D eigenvalue weighted by atomic mass is 9.74. The van der Waals surface area contributed by atoms with Crippen LogP contribution in [0.1, 0.15) is 176 Å². The lowest BCUT2D eigenvalue weighted by Gasteiger charge is -2.29. The first kappa shape index (κ1) is 66.0. The van der Waals surface area contributed by atoms with Gasteiger partial charge in [-0.3, -0.25) is 0 Å². The van der Waals surface area contributed by atoms with Gasteiger partial charge in [-0.05, 0) is 174 Å². The SMILES string of the molecule is CCCCCCCCCCCCc1ccc(-c2c(-c3ccccc3)c(-c3ccc(-c4ccc(C#Cc5ccccc5)cc4)cc3)c(-c3ccc(-c4ccc(C#Cc5ccccc5)cc4)cc3)c(-c3ccccc3)c2-c2ccc(CCCCCCCCCCCC)cc2)cc1. The molecule has 0 heterocycles. The molecule has 0 N–H and O–H groups in total. The van der Waals surface area contributed by atoms with Crippen LogP contribution >= 0.6 is 0 Å². The molecule has 11 rings (SSSR count). The third-order valence-electron chi connectivity index (χ3n) is 18.8. The second kappa shape index (κ2) is 35.5. The molecule has 0 radical (unpaired) electrons. The largest absolute Gasteiger partial charge is 0.0654 e. The van der Waals surface area contributed by atoms with E-state index in [1.807, 2.05) is 36.4 Å². The second-order valence-corrected chi connectivity index (χ2v) is 25.8. The van der Waals surface area contributed by atoms with Gasteiger partial charge in [-0.1, -0.05) is 371 Å². The molecular weight excluding hydrogens is 1130 g/mol. The van der Waals surface area contributed by atoms with Crippen molar-refractivity contribution in [1.29, 1.82) is 0 Å². The van der Waals surface area contributed by atoms with Crippen LogP contribution in [-0.2, 0) is 12.8 Å². The van der Waals surface area contributed by atoms with Crippen LogP contribution in [0.25, 0.3) is 89.0 Å². The Morgan fingerprint density at radius 2 is 0.362 bits per heavy atom. The fourth-order valence-electron chi connectivity index (χ4n) is 13.5. The van der Waals surface area contributed by atoms with Gasteiger partial charge in [0.1, 0.15) is 0 Å². The van der Waals surface area contributed by atoms with E-state index >= 15 is 0 Å². The summed E-state index contributed by atoms with van der Waals surface area (Å²) in [7, 11) is 0. The molecule has 0 aliphatic heterocycles. The van der Waals surface area contributed by atoms with Crippen molar-refractivity contribution < 1.29 is 0 Å². The van der Waals surface area contributed by atoms with Crippen molar-refractivity contribution in [2.75, 3.05) is 0 Å². The van der Waals surface area contributed by atoms with E-state index in [0.29, 0.717) is 0 Å². The summed E-state index contributed by atoms with van der Waals surface area (Å²) in [4.78, 5) is 0. The van der Waals surface area contributed by atoms with Gasteiger partial charge in [0.15, 0.2) is 0 Å². The number of rotatable bonds is 30. The Morgan fingerprint density at radius 1 is 0.170 bits per heavy atom. The highest BCUT2D eigenvalue weighted by Gasteiger charge is 2.29. The van der Waals surface area contributed by atoms with Crippen LogP contribution in [0.4, 0.5) is 0 Å². The van der Waals surface area contributed by atoms with Gasteiger partial charge < -0.3 is 0 Å². The topological polar surface area (TPSA) is 0 Å². The number of unbranched alkanes of at least 4 members (excludes halogenated alkanes) is 18. The molecule has 0 aromatic heterocycles. The molecule has 94 heavy (non-hydrogen) atoms. The third-order valence-corrected chi connectivity index (χ3v) is 18.8. The molecule has 0 saturated carbocycles.